The van der Waals surface area contributed by atoms with Crippen LogP contribution in [0.4, 0.5) is 0 Å². The average Bonchev–Trinajstić information content (AvgIpc) is 3.99. The first-order valence-corrected chi connectivity index (χ1v) is 16.3. The third-order valence-electron chi connectivity index (χ3n) is 9.04. The van der Waals surface area contributed by atoms with Crippen molar-refractivity contribution in [3.63, 3.8) is 0 Å². The second-order valence-electron chi connectivity index (χ2n) is 12.1. The monoisotopic (exact) mass is 748 g/mol. The third-order valence-corrected chi connectivity index (χ3v) is 9.04. The van der Waals surface area contributed by atoms with E-state index in [-0.39, 0.29) is 31.8 Å². The zero-order valence-electron chi connectivity index (χ0n) is 26.9. The van der Waals surface area contributed by atoms with E-state index in [2.05, 4.69) is 0 Å². The van der Waals surface area contributed by atoms with Crippen LogP contribution in [0.25, 0.3) is 78.7 Å². The van der Waals surface area contributed by atoms with E-state index < -0.39 is 11.6 Å². The van der Waals surface area contributed by atoms with E-state index in [0.29, 0.717) is 33.2 Å². The van der Waals surface area contributed by atoms with Gasteiger partial charge in [0, 0.05) is 0 Å². The van der Waals surface area contributed by atoms with Crippen LogP contribution in [0.2, 0.25) is 0 Å². The molecule has 0 amide bonds. The van der Waals surface area contributed by atoms with E-state index in [4.69, 9.17) is 19.9 Å². The van der Waals surface area contributed by atoms with Crippen LogP contribution in [-0.2, 0) is 20.4 Å². The molecule has 0 atom stereocenters. The number of hydrogen-bond acceptors (Lipinski definition) is 4. The molecule has 4 aromatic carbocycles. The second-order valence-corrected chi connectivity index (χ2v) is 12.1. The van der Waals surface area contributed by atoms with Crippen LogP contribution in [0.15, 0.2) is 146 Å². The molecule has 51 heavy (non-hydrogen) atoms. The Morgan fingerprint density at radius 2 is 0.647 bits per heavy atom. The molecule has 0 fully saturated rings. The molecule has 0 radical (unpaired) electrons. The zero-order valence-corrected chi connectivity index (χ0v) is 28.5. The van der Waals surface area contributed by atoms with E-state index in [9.17, 15) is 9.59 Å². The molecular weight excluding hydrogens is 723 g/mol. The predicted octanol–water partition coefficient (Wildman–Crippen LogP) is 9.47. The Kier molecular flexibility index (Phi) is 8.29. The van der Waals surface area contributed by atoms with Crippen LogP contribution < -0.4 is 9.97 Å². The number of fused-ring (bicyclic) bond motifs is 8. The van der Waals surface area contributed by atoms with E-state index in [1.54, 1.807) is 0 Å². The van der Waals surface area contributed by atoms with Gasteiger partial charge in [0.05, 0.1) is 11.4 Å². The number of nitrogens with zero attached hydrogens (tertiary/aromatic N) is 4. The first kappa shape index (κ1) is 32.0. The number of carbonyl (C=O) groups is 2. The summed E-state index contributed by atoms with van der Waals surface area (Å²) < 4.78 is 0. The smallest absolute Gasteiger partial charge is 0.657 e. The number of ketones is 2. The van der Waals surface area contributed by atoms with Crippen LogP contribution in [0.1, 0.15) is 32.4 Å². The summed E-state index contributed by atoms with van der Waals surface area (Å²) in [6, 6.07) is 46.7. The number of carbonyl (C=O) groups excluding carboxylic acids is 2. The normalized spacial score (nSPS) is 12.2. The molecule has 0 unspecified atom stereocenters. The molecule has 5 heterocycles. The Bertz CT molecular complexity index is 2480. The molecule has 9 rings (SSSR count). The van der Waals surface area contributed by atoms with Gasteiger partial charge in [-0.3, -0.25) is 9.59 Å². The number of aromatic nitrogens is 4. The predicted molar refractivity (Wildman–Crippen MR) is 198 cm³/mol. The molecule has 0 saturated heterocycles. The molecule has 2 aliphatic heterocycles. The maximum Gasteiger partial charge on any atom is 2.00 e. The van der Waals surface area contributed by atoms with Gasteiger partial charge in [0.1, 0.15) is 11.4 Å². The summed E-state index contributed by atoms with van der Waals surface area (Å²) >= 11 is 0. The van der Waals surface area contributed by atoms with E-state index >= 15 is 0 Å². The first-order chi connectivity index (χ1) is 24.6. The summed E-state index contributed by atoms with van der Waals surface area (Å²) in [7, 11) is 0. The Balaban J connectivity index is 0.00000374. The third kappa shape index (κ3) is 5.59. The van der Waals surface area contributed by atoms with Gasteiger partial charge in [-0.25, -0.2) is 9.97 Å². The van der Waals surface area contributed by atoms with Gasteiger partial charge in [-0.1, -0.05) is 146 Å². The zero-order chi connectivity index (χ0) is 33.6. The fourth-order valence-electron chi connectivity index (χ4n) is 6.77. The van der Waals surface area contributed by atoms with Gasteiger partial charge in [0.2, 0.25) is 0 Å². The molecule has 8 bridgehead atoms. The van der Waals surface area contributed by atoms with Crippen LogP contribution in [-0.4, -0.2) is 21.5 Å². The van der Waals surface area contributed by atoms with Crippen LogP contribution in [0, 0.1) is 0 Å². The standard InChI is InChI=1S/C44H28N4O2.Pd/c49-43-41-39(29-17-9-3-10-18-29)35-25-23-33(46-35)37(27-13-5-1-6-14-27)31-21-22-32(45-31)38(28-15-7-2-8-16-28)34-24-26-36(47-34)40(42(48-41)44(43)50)30-19-11-4-12-20-30;/h1-26H,(H2,45,46,47,48,49,50);/q;+2/p-2. The van der Waals surface area contributed by atoms with Gasteiger partial charge < -0.3 is 9.97 Å². The molecule has 7 aromatic rings. The largest absolute Gasteiger partial charge is 2.00 e. The van der Waals surface area contributed by atoms with Gasteiger partial charge in [0.15, 0.2) is 0 Å². The molecule has 0 spiro atoms. The molecule has 7 heteroatoms. The summed E-state index contributed by atoms with van der Waals surface area (Å²) in [6.45, 7) is 0. The average molecular weight is 749 g/mol. The van der Waals surface area contributed by atoms with Crippen molar-refractivity contribution in [3.8, 4) is 44.5 Å². The summed E-state index contributed by atoms with van der Waals surface area (Å²) in [6.07, 6.45) is 4.04. The number of benzene rings is 4. The molecule has 0 saturated carbocycles. The topological polar surface area (TPSA) is 88.1 Å². The van der Waals surface area contributed by atoms with Crippen molar-refractivity contribution >= 4 is 45.8 Å². The number of Topliss-reactive ketones (excluding diaryl/α,β-unsaturated/α-hetero) is 2. The van der Waals surface area contributed by atoms with Gasteiger partial charge in [-0.2, -0.15) is 0 Å². The minimum Gasteiger partial charge on any atom is -0.657 e. The Hall–Kier alpha value is -6.26. The van der Waals surface area contributed by atoms with Crippen molar-refractivity contribution in [1.29, 1.82) is 0 Å². The van der Waals surface area contributed by atoms with Gasteiger partial charge in [0.25, 0.3) is 11.6 Å². The van der Waals surface area contributed by atoms with Gasteiger partial charge in [-0.15, -0.1) is 22.1 Å². The summed E-state index contributed by atoms with van der Waals surface area (Å²) in [4.78, 5) is 48.6. The van der Waals surface area contributed by atoms with Gasteiger partial charge >= 0.3 is 20.4 Å². The quantitative estimate of drug-likeness (QED) is 0.132. The molecular formula is C44H26N4O2Pd. The fourth-order valence-corrected chi connectivity index (χ4v) is 6.77. The van der Waals surface area contributed by atoms with E-state index in [1.165, 1.54) is 0 Å². The van der Waals surface area contributed by atoms with E-state index in [1.807, 2.05) is 158 Å². The Morgan fingerprint density at radius 1 is 0.353 bits per heavy atom. The summed E-state index contributed by atoms with van der Waals surface area (Å²) in [5.74, 6) is -1.36. The van der Waals surface area contributed by atoms with Crippen LogP contribution >= 0.6 is 0 Å². The number of hydrogen-bond donors (Lipinski definition) is 0. The maximum atomic E-state index is 14.1. The molecule has 3 aromatic heterocycles. The fraction of sp³-hybridized carbons (Fsp3) is 0. The van der Waals surface area contributed by atoms with Crippen LogP contribution in [0.3, 0.4) is 0 Å². The van der Waals surface area contributed by atoms with Gasteiger partial charge in [-0.05, 0) is 56.7 Å². The minimum atomic E-state index is -0.682. The van der Waals surface area contributed by atoms with E-state index in [0.717, 1.165) is 44.8 Å². The molecule has 2 aliphatic rings. The van der Waals surface area contributed by atoms with Crippen LogP contribution in [0.5, 0.6) is 0 Å². The SMILES string of the molecule is O=C1C(=O)c2nc1c(-c1ccccc1)c1ccc([n-]1)c(-c1ccccc1)c1nc(c(-c3ccccc3)c3ccc([n-]3)c2-c2ccccc2)C=C1.[Pd+2]. The van der Waals surface area contributed by atoms with Crippen molar-refractivity contribution in [3.05, 3.63) is 168 Å². The first-order valence-electron chi connectivity index (χ1n) is 16.3. The molecule has 0 aliphatic carbocycles. The Morgan fingerprint density at radius 3 is 0.980 bits per heavy atom. The maximum absolute atomic E-state index is 14.1. The summed E-state index contributed by atoms with van der Waals surface area (Å²) in [5.41, 5.74) is 10.1. The van der Waals surface area contributed by atoms with Crippen molar-refractivity contribution in [2.45, 2.75) is 0 Å². The second kappa shape index (κ2) is 13.2. The van der Waals surface area contributed by atoms with Crippen molar-refractivity contribution in [2.24, 2.45) is 0 Å². The van der Waals surface area contributed by atoms with Crippen molar-refractivity contribution in [2.75, 3.05) is 0 Å². The molecule has 6 nitrogen and oxygen atoms in total. The molecule has 244 valence electrons. The number of rotatable bonds is 4. The minimum absolute atomic E-state index is 0. The Labute approximate surface area is 307 Å². The summed E-state index contributed by atoms with van der Waals surface area (Å²) in [5, 5.41) is 0. The van der Waals surface area contributed by atoms with Crippen molar-refractivity contribution < 1.29 is 30.0 Å². The molecule has 0 N–H and O–H groups in total. The van der Waals surface area contributed by atoms with Crippen molar-refractivity contribution in [1.82, 2.24) is 19.9 Å².